The SMILES string of the molecule is O=C(/C=C\N1C=NC(c2cc(C(F)(F)F)cc(C(F)(F)F)c2)N1)NNc1ccccn1. The lowest BCUT2D eigenvalue weighted by Gasteiger charge is -2.18. The third-order valence-corrected chi connectivity index (χ3v) is 3.90. The lowest BCUT2D eigenvalue weighted by molar-refractivity contribution is -0.143. The molecule has 1 unspecified atom stereocenters. The molecule has 0 saturated heterocycles. The van der Waals surface area contributed by atoms with Crippen LogP contribution < -0.4 is 16.3 Å². The number of carbonyl (C=O) groups is 1. The number of pyridine rings is 1. The average Bonchev–Trinajstić information content (AvgIpc) is 3.19. The maximum absolute atomic E-state index is 13.0. The van der Waals surface area contributed by atoms with Crippen molar-refractivity contribution in [2.24, 2.45) is 4.99 Å². The zero-order valence-corrected chi connectivity index (χ0v) is 15.4. The van der Waals surface area contributed by atoms with Crippen molar-refractivity contribution in [3.05, 3.63) is 71.6 Å². The fourth-order valence-electron chi connectivity index (χ4n) is 2.48. The van der Waals surface area contributed by atoms with Crippen molar-refractivity contribution in [3.8, 4) is 0 Å². The van der Waals surface area contributed by atoms with E-state index in [0.717, 1.165) is 17.4 Å². The lowest BCUT2D eigenvalue weighted by Crippen LogP contribution is -2.31. The van der Waals surface area contributed by atoms with E-state index in [9.17, 15) is 31.1 Å². The third-order valence-electron chi connectivity index (χ3n) is 3.90. The molecule has 1 atom stereocenters. The molecule has 1 amide bonds. The first-order valence-corrected chi connectivity index (χ1v) is 8.55. The van der Waals surface area contributed by atoms with Gasteiger partial charge in [-0.3, -0.25) is 20.7 Å². The summed E-state index contributed by atoms with van der Waals surface area (Å²) in [5.74, 6) is -0.210. The van der Waals surface area contributed by atoms with Gasteiger partial charge in [0.05, 0.1) is 11.1 Å². The number of nitrogens with one attached hydrogen (secondary N) is 3. The molecule has 1 aliphatic heterocycles. The van der Waals surface area contributed by atoms with Crippen molar-refractivity contribution in [2.45, 2.75) is 18.5 Å². The van der Waals surface area contributed by atoms with Crippen LogP contribution in [0.2, 0.25) is 0 Å². The van der Waals surface area contributed by atoms with Gasteiger partial charge in [0.2, 0.25) is 0 Å². The first-order valence-electron chi connectivity index (χ1n) is 8.55. The highest BCUT2D eigenvalue weighted by Gasteiger charge is 2.37. The summed E-state index contributed by atoms with van der Waals surface area (Å²) in [5, 5.41) is 1.12. The topological polar surface area (TPSA) is 81.7 Å². The van der Waals surface area contributed by atoms with Crippen LogP contribution in [-0.4, -0.2) is 22.2 Å². The standard InChI is InChI=1S/C18H14F6N6O/c19-17(20,21)12-7-11(8-13(9-12)18(22,23)24)16-26-10-30(29-16)6-4-15(31)28-27-14-3-1-2-5-25-14/h1-10,16,29H,(H,25,27)(H,28,31)/b6-4-. The number of rotatable bonds is 5. The summed E-state index contributed by atoms with van der Waals surface area (Å²) in [5.41, 5.74) is 4.22. The summed E-state index contributed by atoms with van der Waals surface area (Å²) < 4.78 is 78.0. The molecule has 0 aliphatic carbocycles. The summed E-state index contributed by atoms with van der Waals surface area (Å²) >= 11 is 0. The van der Waals surface area contributed by atoms with Gasteiger partial charge in [-0.2, -0.15) is 26.3 Å². The number of hydrogen-bond donors (Lipinski definition) is 3. The number of hydrazine groups is 2. The zero-order valence-electron chi connectivity index (χ0n) is 15.4. The Balaban J connectivity index is 1.66. The Morgan fingerprint density at radius 2 is 1.74 bits per heavy atom. The van der Waals surface area contributed by atoms with Crippen LogP contribution in [0.4, 0.5) is 32.2 Å². The maximum atomic E-state index is 13.0. The van der Waals surface area contributed by atoms with Crippen molar-refractivity contribution >= 4 is 18.1 Å². The van der Waals surface area contributed by atoms with Gasteiger partial charge in [-0.15, -0.1) is 0 Å². The minimum absolute atomic E-state index is 0.0404. The summed E-state index contributed by atoms with van der Waals surface area (Å²) in [6.45, 7) is 0. The van der Waals surface area contributed by atoms with Crippen molar-refractivity contribution < 1.29 is 31.1 Å². The lowest BCUT2D eigenvalue weighted by atomic mass is 10.0. The number of aromatic nitrogens is 1. The van der Waals surface area contributed by atoms with Gasteiger partial charge >= 0.3 is 12.4 Å². The van der Waals surface area contributed by atoms with Crippen LogP contribution in [0.15, 0.2) is 59.9 Å². The molecule has 3 N–H and O–H groups in total. The number of nitrogens with zero attached hydrogens (tertiary/aromatic N) is 3. The molecule has 13 heteroatoms. The quantitative estimate of drug-likeness (QED) is 0.373. The molecule has 3 rings (SSSR count). The van der Waals surface area contributed by atoms with E-state index < -0.39 is 35.6 Å². The molecule has 0 radical (unpaired) electrons. The molecule has 2 heterocycles. The molecular formula is C18H14F6N6O. The second-order valence-electron chi connectivity index (χ2n) is 6.19. The van der Waals surface area contributed by atoms with Crippen molar-refractivity contribution in [3.63, 3.8) is 0 Å². The summed E-state index contributed by atoms with van der Waals surface area (Å²) in [6, 6.07) is 6.19. The fourth-order valence-corrected chi connectivity index (χ4v) is 2.48. The molecule has 7 nitrogen and oxygen atoms in total. The van der Waals surface area contributed by atoms with Gasteiger partial charge in [0, 0.05) is 18.5 Å². The number of carbonyl (C=O) groups excluding carboxylic acids is 1. The third kappa shape index (κ3) is 5.94. The highest BCUT2D eigenvalue weighted by atomic mass is 19.4. The van der Waals surface area contributed by atoms with E-state index in [-0.39, 0.29) is 11.6 Å². The number of hydrogen-bond acceptors (Lipinski definition) is 6. The summed E-state index contributed by atoms with van der Waals surface area (Å²) in [4.78, 5) is 19.6. The first-order chi connectivity index (χ1) is 14.5. The van der Waals surface area contributed by atoms with Gasteiger partial charge < -0.3 is 0 Å². The van der Waals surface area contributed by atoms with Crippen LogP contribution in [0.25, 0.3) is 0 Å². The monoisotopic (exact) mass is 444 g/mol. The highest BCUT2D eigenvalue weighted by Crippen LogP contribution is 2.37. The van der Waals surface area contributed by atoms with E-state index in [0.29, 0.717) is 18.0 Å². The van der Waals surface area contributed by atoms with Crippen LogP contribution in [0, 0.1) is 0 Å². The number of amides is 1. The van der Waals surface area contributed by atoms with Crippen molar-refractivity contribution in [1.82, 2.24) is 20.8 Å². The van der Waals surface area contributed by atoms with Crippen LogP contribution in [0.5, 0.6) is 0 Å². The van der Waals surface area contributed by atoms with E-state index in [1.54, 1.807) is 18.2 Å². The molecule has 1 aromatic heterocycles. The second-order valence-corrected chi connectivity index (χ2v) is 6.19. The number of aliphatic imine (C=N–C) groups is 1. The Kier molecular flexibility index (Phi) is 6.15. The smallest absolute Gasteiger partial charge is 0.282 e. The molecule has 1 aliphatic rings. The van der Waals surface area contributed by atoms with Gasteiger partial charge in [-0.1, -0.05) is 6.07 Å². The summed E-state index contributed by atoms with van der Waals surface area (Å²) in [7, 11) is 0. The maximum Gasteiger partial charge on any atom is 0.416 e. The Morgan fingerprint density at radius 3 is 2.32 bits per heavy atom. The van der Waals surface area contributed by atoms with Crippen LogP contribution >= 0.6 is 0 Å². The van der Waals surface area contributed by atoms with Crippen molar-refractivity contribution in [2.75, 3.05) is 5.43 Å². The molecular weight excluding hydrogens is 430 g/mol. The molecule has 0 saturated carbocycles. The predicted molar refractivity (Wildman–Crippen MR) is 97.8 cm³/mol. The normalized spacial score (nSPS) is 16.7. The zero-order chi connectivity index (χ0) is 22.6. The minimum Gasteiger partial charge on any atom is -0.282 e. The van der Waals surface area contributed by atoms with Crippen LogP contribution in [0.3, 0.4) is 0 Å². The molecule has 164 valence electrons. The van der Waals surface area contributed by atoms with E-state index in [4.69, 9.17) is 0 Å². The molecule has 0 bridgehead atoms. The number of halogens is 6. The van der Waals surface area contributed by atoms with E-state index in [1.165, 1.54) is 12.4 Å². The largest absolute Gasteiger partial charge is 0.416 e. The first kappa shape index (κ1) is 22.1. The fraction of sp³-hybridized carbons (Fsp3) is 0.167. The Bertz CT molecular complexity index is 957. The Labute approximate surface area is 171 Å². The number of alkyl halides is 6. The minimum atomic E-state index is -4.96. The Hall–Kier alpha value is -3.61. The van der Waals surface area contributed by atoms with Gasteiger partial charge in [0.25, 0.3) is 5.91 Å². The predicted octanol–water partition coefficient (Wildman–Crippen LogP) is 3.62. The molecule has 0 fully saturated rings. The van der Waals surface area contributed by atoms with Gasteiger partial charge in [-0.05, 0) is 35.9 Å². The highest BCUT2D eigenvalue weighted by molar-refractivity contribution is 5.88. The van der Waals surface area contributed by atoms with Gasteiger partial charge in [0.1, 0.15) is 18.3 Å². The van der Waals surface area contributed by atoms with E-state index in [2.05, 4.69) is 26.3 Å². The van der Waals surface area contributed by atoms with E-state index in [1.807, 2.05) is 0 Å². The van der Waals surface area contributed by atoms with Crippen molar-refractivity contribution in [1.29, 1.82) is 0 Å². The molecule has 31 heavy (non-hydrogen) atoms. The second kappa shape index (κ2) is 8.63. The van der Waals surface area contributed by atoms with Gasteiger partial charge in [-0.25, -0.2) is 15.4 Å². The molecule has 2 aromatic rings. The van der Waals surface area contributed by atoms with E-state index >= 15 is 0 Å². The number of anilines is 1. The molecule has 0 spiro atoms. The molecule has 1 aromatic carbocycles. The van der Waals surface area contributed by atoms with Gasteiger partial charge in [0.15, 0.2) is 0 Å². The Morgan fingerprint density at radius 1 is 1.06 bits per heavy atom. The number of benzene rings is 1. The van der Waals surface area contributed by atoms with Crippen LogP contribution in [0.1, 0.15) is 22.9 Å². The van der Waals surface area contributed by atoms with Crippen LogP contribution in [-0.2, 0) is 17.1 Å². The summed E-state index contributed by atoms with van der Waals surface area (Å²) in [6.07, 6.45) is -6.25. The average molecular weight is 444 g/mol.